The first kappa shape index (κ1) is 15.3. The van der Waals surface area contributed by atoms with Crippen LogP contribution in [0.5, 0.6) is 0 Å². The Labute approximate surface area is 119 Å². The van der Waals surface area contributed by atoms with E-state index in [0.717, 1.165) is 18.9 Å². The molecule has 0 amide bonds. The lowest BCUT2D eigenvalue weighted by atomic mass is 9.91. The number of nitrogens with zero attached hydrogens (tertiary/aromatic N) is 1. The van der Waals surface area contributed by atoms with Crippen LogP contribution in [0.2, 0.25) is 0 Å². The second-order valence-corrected chi connectivity index (χ2v) is 7.49. The lowest BCUT2D eigenvalue weighted by Gasteiger charge is -2.38. The molecule has 0 aromatic carbocycles. The SMILES string of the molecule is CCN(CC1CCCNC1)C1CC(C)(C)OC1(C)C. The van der Waals surface area contributed by atoms with Gasteiger partial charge in [-0.05, 0) is 72.5 Å². The molecule has 0 saturated carbocycles. The minimum absolute atomic E-state index is 0.0202. The van der Waals surface area contributed by atoms with E-state index in [2.05, 4.69) is 44.8 Å². The van der Waals surface area contributed by atoms with Gasteiger partial charge in [0, 0.05) is 12.6 Å². The summed E-state index contributed by atoms with van der Waals surface area (Å²) < 4.78 is 6.26. The molecule has 2 aliphatic rings. The van der Waals surface area contributed by atoms with Crippen LogP contribution in [0.15, 0.2) is 0 Å². The highest BCUT2D eigenvalue weighted by molar-refractivity contribution is 5.00. The van der Waals surface area contributed by atoms with Crippen molar-refractivity contribution < 1.29 is 4.74 Å². The van der Waals surface area contributed by atoms with Crippen LogP contribution in [0.3, 0.4) is 0 Å². The summed E-state index contributed by atoms with van der Waals surface area (Å²) >= 11 is 0. The molecule has 0 bridgehead atoms. The van der Waals surface area contributed by atoms with E-state index in [4.69, 9.17) is 4.74 Å². The van der Waals surface area contributed by atoms with Crippen LogP contribution < -0.4 is 5.32 Å². The third-order valence-electron chi connectivity index (χ3n) is 4.77. The fraction of sp³-hybridized carbons (Fsp3) is 1.00. The van der Waals surface area contributed by atoms with E-state index < -0.39 is 0 Å². The summed E-state index contributed by atoms with van der Waals surface area (Å²) in [6.07, 6.45) is 3.85. The molecule has 3 heteroatoms. The highest BCUT2D eigenvalue weighted by Crippen LogP contribution is 2.40. The number of hydrogen-bond acceptors (Lipinski definition) is 3. The van der Waals surface area contributed by atoms with Gasteiger partial charge in [0.15, 0.2) is 0 Å². The normalized spacial score (nSPS) is 33.8. The average Bonchev–Trinajstić information content (AvgIpc) is 2.55. The Morgan fingerprint density at radius 2 is 2.00 bits per heavy atom. The summed E-state index contributed by atoms with van der Waals surface area (Å²) in [6.45, 7) is 16.0. The van der Waals surface area contributed by atoms with Crippen molar-refractivity contribution in [2.24, 2.45) is 5.92 Å². The van der Waals surface area contributed by atoms with Gasteiger partial charge in [-0.3, -0.25) is 4.90 Å². The molecule has 3 nitrogen and oxygen atoms in total. The Morgan fingerprint density at radius 3 is 2.47 bits per heavy atom. The molecule has 2 aliphatic heterocycles. The summed E-state index contributed by atoms with van der Waals surface area (Å²) in [6, 6.07) is 0.550. The fourth-order valence-electron chi connectivity index (χ4n) is 3.99. The van der Waals surface area contributed by atoms with Crippen molar-refractivity contribution in [1.82, 2.24) is 10.2 Å². The summed E-state index contributed by atoms with van der Waals surface area (Å²) in [7, 11) is 0. The zero-order valence-electron chi connectivity index (χ0n) is 13.5. The van der Waals surface area contributed by atoms with Gasteiger partial charge in [0.05, 0.1) is 11.2 Å². The number of hydrogen-bond donors (Lipinski definition) is 1. The first-order chi connectivity index (χ1) is 8.84. The van der Waals surface area contributed by atoms with E-state index >= 15 is 0 Å². The van der Waals surface area contributed by atoms with Gasteiger partial charge in [-0.25, -0.2) is 0 Å². The van der Waals surface area contributed by atoms with Gasteiger partial charge >= 0.3 is 0 Å². The number of rotatable bonds is 4. The van der Waals surface area contributed by atoms with Gasteiger partial charge in [-0.2, -0.15) is 0 Å². The molecule has 112 valence electrons. The van der Waals surface area contributed by atoms with Gasteiger partial charge < -0.3 is 10.1 Å². The number of likely N-dealkylation sites (N-methyl/N-ethyl adjacent to an activating group) is 1. The molecule has 0 spiro atoms. The van der Waals surface area contributed by atoms with E-state index in [1.54, 1.807) is 0 Å². The van der Waals surface area contributed by atoms with Crippen LogP contribution in [-0.4, -0.2) is 48.3 Å². The third-order valence-corrected chi connectivity index (χ3v) is 4.77. The lowest BCUT2D eigenvalue weighted by Crippen LogP contribution is -2.49. The maximum atomic E-state index is 6.26. The molecular weight excluding hydrogens is 236 g/mol. The summed E-state index contributed by atoms with van der Waals surface area (Å²) in [5.74, 6) is 0.813. The van der Waals surface area contributed by atoms with Crippen LogP contribution in [0.25, 0.3) is 0 Å². The van der Waals surface area contributed by atoms with Gasteiger partial charge in [-0.15, -0.1) is 0 Å². The monoisotopic (exact) mass is 268 g/mol. The minimum Gasteiger partial charge on any atom is -0.368 e. The van der Waals surface area contributed by atoms with Crippen LogP contribution in [0.1, 0.15) is 53.9 Å². The smallest absolute Gasteiger partial charge is 0.0789 e. The highest BCUT2D eigenvalue weighted by Gasteiger charge is 2.48. The molecule has 0 aromatic heterocycles. The van der Waals surface area contributed by atoms with Crippen LogP contribution in [-0.2, 0) is 4.74 Å². The van der Waals surface area contributed by atoms with Gasteiger partial charge in [0.2, 0.25) is 0 Å². The molecule has 2 fully saturated rings. The highest BCUT2D eigenvalue weighted by atomic mass is 16.5. The summed E-state index contributed by atoms with van der Waals surface area (Å²) in [4.78, 5) is 2.66. The second kappa shape index (κ2) is 5.71. The maximum absolute atomic E-state index is 6.26. The lowest BCUT2D eigenvalue weighted by molar-refractivity contribution is -0.0813. The van der Waals surface area contributed by atoms with Crippen LogP contribution in [0, 0.1) is 5.92 Å². The summed E-state index contributed by atoms with van der Waals surface area (Å²) in [5, 5.41) is 3.53. The topological polar surface area (TPSA) is 24.5 Å². The fourth-order valence-corrected chi connectivity index (χ4v) is 3.99. The largest absolute Gasteiger partial charge is 0.368 e. The molecule has 0 radical (unpaired) electrons. The minimum atomic E-state index is -0.0262. The zero-order chi connectivity index (χ0) is 14.1. The number of piperidine rings is 1. The van der Waals surface area contributed by atoms with Gasteiger partial charge in [-0.1, -0.05) is 6.92 Å². The standard InChI is InChI=1S/C16H32N2O/c1-6-18(12-13-8-7-9-17-11-13)14-10-15(2,3)19-16(14,4)5/h13-14,17H,6-12H2,1-5H3. The molecule has 2 saturated heterocycles. The van der Waals surface area contributed by atoms with Crippen molar-refractivity contribution in [2.75, 3.05) is 26.2 Å². The van der Waals surface area contributed by atoms with E-state index in [-0.39, 0.29) is 11.2 Å². The Bertz CT molecular complexity index is 295. The molecule has 2 unspecified atom stereocenters. The average molecular weight is 268 g/mol. The molecule has 0 aromatic rings. The molecule has 19 heavy (non-hydrogen) atoms. The quantitative estimate of drug-likeness (QED) is 0.848. The second-order valence-electron chi connectivity index (χ2n) is 7.49. The zero-order valence-corrected chi connectivity index (χ0v) is 13.5. The van der Waals surface area contributed by atoms with Crippen molar-refractivity contribution in [3.05, 3.63) is 0 Å². The summed E-state index contributed by atoms with van der Waals surface area (Å²) in [5.41, 5.74) is -0.00595. The van der Waals surface area contributed by atoms with Crippen molar-refractivity contribution in [3.63, 3.8) is 0 Å². The first-order valence-corrected chi connectivity index (χ1v) is 7.99. The van der Waals surface area contributed by atoms with Gasteiger partial charge in [0.1, 0.15) is 0 Å². The van der Waals surface area contributed by atoms with E-state index in [1.165, 1.54) is 32.5 Å². The molecule has 0 aliphatic carbocycles. The Kier molecular flexibility index (Phi) is 4.59. The Balaban J connectivity index is 2.00. The predicted octanol–water partition coefficient (Wildman–Crippen LogP) is 2.65. The predicted molar refractivity (Wildman–Crippen MR) is 80.5 cm³/mol. The van der Waals surface area contributed by atoms with Gasteiger partial charge in [0.25, 0.3) is 0 Å². The molecular formula is C16H32N2O. The van der Waals surface area contributed by atoms with Crippen molar-refractivity contribution in [1.29, 1.82) is 0 Å². The number of ether oxygens (including phenoxy) is 1. The van der Waals surface area contributed by atoms with E-state index in [9.17, 15) is 0 Å². The molecule has 2 atom stereocenters. The Morgan fingerprint density at radius 1 is 1.26 bits per heavy atom. The van der Waals surface area contributed by atoms with E-state index in [1.807, 2.05) is 0 Å². The molecule has 2 heterocycles. The van der Waals surface area contributed by atoms with Crippen molar-refractivity contribution in [3.8, 4) is 0 Å². The van der Waals surface area contributed by atoms with E-state index in [0.29, 0.717) is 6.04 Å². The first-order valence-electron chi connectivity index (χ1n) is 7.99. The molecule has 2 rings (SSSR count). The number of nitrogens with one attached hydrogen (secondary N) is 1. The van der Waals surface area contributed by atoms with Crippen LogP contribution in [0.4, 0.5) is 0 Å². The van der Waals surface area contributed by atoms with Crippen molar-refractivity contribution >= 4 is 0 Å². The Hall–Kier alpha value is -0.120. The maximum Gasteiger partial charge on any atom is 0.0789 e. The van der Waals surface area contributed by atoms with Crippen LogP contribution >= 0.6 is 0 Å². The third kappa shape index (κ3) is 3.71. The van der Waals surface area contributed by atoms with Crippen molar-refractivity contribution in [2.45, 2.75) is 71.1 Å². The molecule has 1 N–H and O–H groups in total.